The quantitative estimate of drug-likeness (QED) is 0.581. The van der Waals surface area contributed by atoms with Crippen molar-refractivity contribution in [3.05, 3.63) is 80.5 Å². The number of ether oxygens (including phenoxy) is 2. The van der Waals surface area contributed by atoms with Gasteiger partial charge in [0.05, 0.1) is 36.1 Å². The lowest BCUT2D eigenvalue weighted by Gasteiger charge is -2.11. The molecule has 0 spiro atoms. The van der Waals surface area contributed by atoms with Gasteiger partial charge in [-0.1, -0.05) is 0 Å². The Hall–Kier alpha value is -3.58. The summed E-state index contributed by atoms with van der Waals surface area (Å²) in [6.07, 6.45) is 0.785. The molecule has 0 aliphatic heterocycles. The highest BCUT2D eigenvalue weighted by molar-refractivity contribution is 5.80. The van der Waals surface area contributed by atoms with Crippen molar-refractivity contribution < 1.29 is 23.4 Å². The molecule has 2 aromatic heterocycles. The number of hydrogen-bond acceptors (Lipinski definition) is 7. The first-order valence-corrected chi connectivity index (χ1v) is 8.40. The molecule has 1 N–H and O–H groups in total. The zero-order valence-corrected chi connectivity index (χ0v) is 15.1. The Morgan fingerprint density at radius 3 is 1.61 bits per heavy atom. The minimum absolute atomic E-state index is 0.0738. The minimum atomic E-state index is -1.52. The average Bonchev–Trinajstić information content (AvgIpc) is 2.73. The third kappa shape index (κ3) is 2.82. The molecule has 2 heterocycles. The fourth-order valence-electron chi connectivity index (χ4n) is 3.05. The molecule has 4 rings (SSSR count). The van der Waals surface area contributed by atoms with Crippen molar-refractivity contribution in [2.75, 3.05) is 14.2 Å². The third-order valence-electron chi connectivity index (χ3n) is 4.60. The summed E-state index contributed by atoms with van der Waals surface area (Å²) in [5.74, 6) is 0.951. The second kappa shape index (κ2) is 6.86. The molecule has 0 bridgehead atoms. The van der Waals surface area contributed by atoms with Gasteiger partial charge in [0, 0.05) is 0 Å². The van der Waals surface area contributed by atoms with Crippen molar-refractivity contribution in [2.24, 2.45) is 0 Å². The topological polar surface area (TPSA) is 99.1 Å². The van der Waals surface area contributed by atoms with Crippen molar-refractivity contribution in [1.82, 2.24) is 0 Å². The van der Waals surface area contributed by atoms with Crippen LogP contribution in [0.5, 0.6) is 11.5 Å². The number of fused-ring (bicyclic) bond motifs is 2. The molecule has 0 fully saturated rings. The van der Waals surface area contributed by atoms with Gasteiger partial charge in [-0.15, -0.1) is 0 Å². The zero-order valence-electron chi connectivity index (χ0n) is 15.1. The Bertz CT molecular complexity index is 1200. The van der Waals surface area contributed by atoms with Gasteiger partial charge < -0.3 is 23.4 Å². The second-order valence-electron chi connectivity index (χ2n) is 6.17. The molecule has 7 heteroatoms. The van der Waals surface area contributed by atoms with E-state index in [1.807, 2.05) is 0 Å². The first-order chi connectivity index (χ1) is 13.5. The van der Waals surface area contributed by atoms with Crippen LogP contribution in [0.3, 0.4) is 0 Å². The summed E-state index contributed by atoms with van der Waals surface area (Å²) in [7, 11) is 2.96. The van der Waals surface area contributed by atoms with Crippen LogP contribution in [0.25, 0.3) is 21.9 Å². The van der Waals surface area contributed by atoms with Gasteiger partial charge in [-0.2, -0.15) is 0 Å². The van der Waals surface area contributed by atoms with Gasteiger partial charge in [0.2, 0.25) is 0 Å². The van der Waals surface area contributed by atoms with Gasteiger partial charge in [0.25, 0.3) is 0 Å². The lowest BCUT2D eigenvalue weighted by atomic mass is 10.0. The molecule has 0 aliphatic rings. The summed E-state index contributed by atoms with van der Waals surface area (Å²) in [5.41, 5.74) is -0.379. The van der Waals surface area contributed by atoms with Crippen molar-refractivity contribution >= 4 is 21.9 Å². The van der Waals surface area contributed by atoms with Gasteiger partial charge in [-0.3, -0.25) is 9.59 Å². The van der Waals surface area contributed by atoms with Crippen LogP contribution in [0.2, 0.25) is 0 Å². The monoisotopic (exact) mass is 380 g/mol. The number of aliphatic hydroxyl groups is 1. The average molecular weight is 380 g/mol. The molecule has 28 heavy (non-hydrogen) atoms. The predicted octanol–water partition coefficient (Wildman–Crippen LogP) is 3.00. The number of rotatable bonds is 4. The van der Waals surface area contributed by atoms with E-state index in [0.29, 0.717) is 22.7 Å². The summed E-state index contributed by atoms with van der Waals surface area (Å²) < 4.78 is 21.2. The van der Waals surface area contributed by atoms with E-state index < -0.39 is 17.0 Å². The molecule has 142 valence electrons. The van der Waals surface area contributed by atoms with Crippen LogP contribution in [-0.2, 0) is 0 Å². The fourth-order valence-corrected chi connectivity index (χ4v) is 3.05. The first kappa shape index (κ1) is 17.8. The summed E-state index contributed by atoms with van der Waals surface area (Å²) >= 11 is 0. The summed E-state index contributed by atoms with van der Waals surface area (Å²) in [4.78, 5) is 25.7. The number of benzene rings is 2. The Kier molecular flexibility index (Phi) is 4.37. The molecule has 0 aliphatic carbocycles. The smallest absolute Gasteiger partial charge is 0.198 e. The Morgan fingerprint density at radius 1 is 0.786 bits per heavy atom. The molecule has 0 atom stereocenters. The Labute approximate surface area is 158 Å². The molecule has 2 aromatic carbocycles. The summed E-state index contributed by atoms with van der Waals surface area (Å²) in [6.45, 7) is 0. The maximum absolute atomic E-state index is 12.9. The van der Waals surface area contributed by atoms with E-state index >= 15 is 0 Å². The van der Waals surface area contributed by atoms with E-state index in [9.17, 15) is 14.7 Å². The van der Waals surface area contributed by atoms with Crippen LogP contribution in [0.1, 0.15) is 17.2 Å². The van der Waals surface area contributed by atoms with Crippen molar-refractivity contribution in [1.29, 1.82) is 0 Å². The number of methoxy groups -OCH3 is 2. The maximum atomic E-state index is 12.9. The highest BCUT2D eigenvalue weighted by Gasteiger charge is 2.22. The molecular weight excluding hydrogens is 364 g/mol. The minimum Gasteiger partial charge on any atom is -0.497 e. The lowest BCUT2D eigenvalue weighted by molar-refractivity contribution is 0.213. The van der Waals surface area contributed by atoms with Crippen LogP contribution < -0.4 is 20.3 Å². The largest absolute Gasteiger partial charge is 0.497 e. The molecule has 0 amide bonds. The predicted molar refractivity (Wildman–Crippen MR) is 102 cm³/mol. The van der Waals surface area contributed by atoms with Crippen LogP contribution in [-0.4, -0.2) is 19.3 Å². The first-order valence-electron chi connectivity index (χ1n) is 8.40. The number of hydrogen-bond donors (Lipinski definition) is 1. The van der Waals surface area contributed by atoms with Gasteiger partial charge in [0.15, 0.2) is 10.9 Å². The van der Waals surface area contributed by atoms with Gasteiger partial charge in [0.1, 0.15) is 41.3 Å². The van der Waals surface area contributed by atoms with E-state index in [1.165, 1.54) is 26.4 Å². The molecule has 0 radical (unpaired) electrons. The normalized spacial score (nSPS) is 11.3. The van der Waals surface area contributed by atoms with Crippen LogP contribution in [0.4, 0.5) is 0 Å². The van der Waals surface area contributed by atoms with Crippen molar-refractivity contribution in [3.8, 4) is 11.5 Å². The van der Waals surface area contributed by atoms with E-state index in [-0.39, 0.29) is 21.9 Å². The van der Waals surface area contributed by atoms with Gasteiger partial charge in [-0.25, -0.2) is 0 Å². The summed E-state index contributed by atoms with van der Waals surface area (Å²) in [6, 6.07) is 9.56. The van der Waals surface area contributed by atoms with Crippen molar-refractivity contribution in [3.63, 3.8) is 0 Å². The summed E-state index contributed by atoms with van der Waals surface area (Å²) in [5, 5.41) is 11.2. The van der Waals surface area contributed by atoms with Crippen LogP contribution >= 0.6 is 0 Å². The molecule has 0 saturated heterocycles. The molecular formula is C21H16O7. The van der Waals surface area contributed by atoms with Crippen molar-refractivity contribution in [2.45, 2.75) is 6.10 Å². The van der Waals surface area contributed by atoms with E-state index in [0.717, 1.165) is 12.5 Å². The Balaban J connectivity index is 1.88. The third-order valence-corrected chi connectivity index (χ3v) is 4.60. The zero-order chi connectivity index (χ0) is 19.8. The van der Waals surface area contributed by atoms with Gasteiger partial charge in [-0.05, 0) is 36.4 Å². The molecule has 0 saturated carbocycles. The number of aliphatic hydroxyl groups excluding tert-OH is 1. The lowest BCUT2D eigenvalue weighted by Crippen LogP contribution is -2.20. The standard InChI is InChI=1S/C21H16O7/c1-25-11-3-5-17-13(7-11)19(22)15(9-27-17)21(24)16-10-28-18-6-4-12(26-2)8-14(18)20(16)23/h3-10,21,24H,1-2H3. The highest BCUT2D eigenvalue weighted by atomic mass is 16.5. The van der Waals surface area contributed by atoms with Crippen LogP contribution in [0, 0.1) is 0 Å². The van der Waals surface area contributed by atoms with Gasteiger partial charge >= 0.3 is 0 Å². The van der Waals surface area contributed by atoms with E-state index in [2.05, 4.69) is 0 Å². The van der Waals surface area contributed by atoms with E-state index in [1.54, 1.807) is 24.3 Å². The fraction of sp³-hybridized carbons (Fsp3) is 0.143. The SMILES string of the molecule is COc1ccc2occ(C(O)c3coc4ccc(OC)cc4c3=O)c(=O)c2c1. The Morgan fingerprint density at radius 2 is 1.21 bits per heavy atom. The maximum Gasteiger partial charge on any atom is 0.198 e. The van der Waals surface area contributed by atoms with E-state index in [4.69, 9.17) is 18.3 Å². The molecule has 0 unspecified atom stereocenters. The molecule has 7 nitrogen and oxygen atoms in total. The second-order valence-corrected chi connectivity index (χ2v) is 6.17. The molecule has 4 aromatic rings. The highest BCUT2D eigenvalue weighted by Crippen LogP contribution is 2.25. The van der Waals surface area contributed by atoms with Crippen LogP contribution in [0.15, 0.2) is 67.3 Å².